The number of nitrogens with one attached hydrogen (secondary N) is 1. The maximum atomic E-state index is 12.9. The third-order valence-corrected chi connectivity index (χ3v) is 5.98. The minimum Gasteiger partial charge on any atom is -0.376 e. The Morgan fingerprint density at radius 1 is 1.41 bits per heavy atom. The number of aromatic nitrogens is 4. The molecule has 1 saturated heterocycles. The van der Waals surface area contributed by atoms with Crippen LogP contribution in [0.3, 0.4) is 0 Å². The van der Waals surface area contributed by atoms with Crippen LogP contribution in [-0.2, 0) is 4.74 Å². The Hall–Kier alpha value is -2.97. The summed E-state index contributed by atoms with van der Waals surface area (Å²) in [5, 5.41) is 5.84. The highest BCUT2D eigenvalue weighted by Crippen LogP contribution is 2.27. The third kappa shape index (κ3) is 3.34. The minimum absolute atomic E-state index is 0.0912. The normalized spacial score (nSPS) is 16.5. The number of amides is 1. The van der Waals surface area contributed by atoms with Crippen LogP contribution in [0.4, 0.5) is 0 Å². The molecule has 1 N–H and O–H groups in total. The first-order valence-electron chi connectivity index (χ1n) is 9.67. The van der Waals surface area contributed by atoms with Crippen molar-refractivity contribution in [1.29, 1.82) is 0 Å². The first-order chi connectivity index (χ1) is 14.2. The van der Waals surface area contributed by atoms with Crippen LogP contribution >= 0.6 is 11.3 Å². The molecule has 29 heavy (non-hydrogen) atoms. The first kappa shape index (κ1) is 18.1. The number of hydrogen-bond acceptors (Lipinski definition) is 5. The van der Waals surface area contributed by atoms with Gasteiger partial charge >= 0.3 is 0 Å². The molecule has 5 heterocycles. The van der Waals surface area contributed by atoms with Gasteiger partial charge in [-0.15, -0.1) is 11.3 Å². The molecule has 4 aromatic rings. The van der Waals surface area contributed by atoms with Crippen molar-refractivity contribution >= 4 is 22.8 Å². The second-order valence-electron chi connectivity index (χ2n) is 7.10. The summed E-state index contributed by atoms with van der Waals surface area (Å²) in [6, 6.07) is 7.76. The molecular weight excluding hydrogens is 386 g/mol. The monoisotopic (exact) mass is 407 g/mol. The van der Waals surface area contributed by atoms with Gasteiger partial charge in [0.15, 0.2) is 5.13 Å². The smallest absolute Gasteiger partial charge is 0.253 e. The van der Waals surface area contributed by atoms with Gasteiger partial charge in [0.1, 0.15) is 11.5 Å². The predicted molar refractivity (Wildman–Crippen MR) is 112 cm³/mol. The number of rotatable bonds is 5. The van der Waals surface area contributed by atoms with Gasteiger partial charge in [-0.05, 0) is 38.0 Å². The van der Waals surface area contributed by atoms with Crippen molar-refractivity contribution in [2.75, 3.05) is 13.2 Å². The number of nitrogens with zero attached hydrogens (tertiary/aromatic N) is 4. The molecule has 0 bridgehead atoms. The van der Waals surface area contributed by atoms with E-state index in [1.54, 1.807) is 17.5 Å². The lowest BCUT2D eigenvalue weighted by atomic mass is 10.2. The van der Waals surface area contributed by atoms with Crippen molar-refractivity contribution < 1.29 is 9.53 Å². The molecule has 5 rings (SSSR count). The highest BCUT2D eigenvalue weighted by atomic mass is 32.1. The fourth-order valence-corrected chi connectivity index (χ4v) is 4.43. The molecule has 1 unspecified atom stereocenters. The average molecular weight is 407 g/mol. The predicted octanol–water partition coefficient (Wildman–Crippen LogP) is 3.47. The number of pyridine rings is 1. The van der Waals surface area contributed by atoms with Crippen LogP contribution in [0.2, 0.25) is 0 Å². The maximum absolute atomic E-state index is 12.9. The fourth-order valence-electron chi connectivity index (χ4n) is 3.76. The van der Waals surface area contributed by atoms with Crippen LogP contribution in [0.5, 0.6) is 0 Å². The molecular formula is C21H21N5O2S. The Bertz CT molecular complexity index is 1160. The zero-order valence-electron chi connectivity index (χ0n) is 16.0. The molecule has 8 heteroatoms. The lowest BCUT2D eigenvalue weighted by molar-refractivity contribution is 0.0859. The molecule has 7 nitrogen and oxygen atoms in total. The minimum atomic E-state index is -0.0912. The standard InChI is InChI=1S/C21H21N5O2S/c1-14-24-17(13-26(14)21-22-7-10-29-21)19-11-16(18-6-2-3-8-25(18)19)20(27)23-12-15-5-4-9-28-15/h2-3,6-8,10-11,13,15H,4-5,9,12H2,1H3,(H,23,27). The average Bonchev–Trinajstić information content (AvgIpc) is 3.52. The number of imidazole rings is 1. The summed E-state index contributed by atoms with van der Waals surface area (Å²) in [7, 11) is 0. The SMILES string of the molecule is Cc1nc(-c2cc(C(=O)NCC3CCCO3)c3ccccn23)cn1-c1nccs1. The molecule has 0 saturated carbocycles. The largest absolute Gasteiger partial charge is 0.376 e. The molecule has 0 aromatic carbocycles. The molecule has 148 valence electrons. The van der Waals surface area contributed by atoms with Crippen LogP contribution in [0.25, 0.3) is 22.0 Å². The van der Waals surface area contributed by atoms with Crippen LogP contribution in [0, 0.1) is 6.92 Å². The van der Waals surface area contributed by atoms with Crippen molar-refractivity contribution in [2.45, 2.75) is 25.9 Å². The summed E-state index contributed by atoms with van der Waals surface area (Å²) < 4.78 is 9.60. The van der Waals surface area contributed by atoms with Gasteiger partial charge in [-0.2, -0.15) is 0 Å². The van der Waals surface area contributed by atoms with Gasteiger partial charge in [-0.1, -0.05) is 6.07 Å². The number of fused-ring (bicyclic) bond motifs is 1. The van der Waals surface area contributed by atoms with Gasteiger partial charge in [-0.3, -0.25) is 9.36 Å². The fraction of sp³-hybridized carbons (Fsp3) is 0.286. The number of carbonyl (C=O) groups is 1. The lowest BCUT2D eigenvalue weighted by Crippen LogP contribution is -2.31. The summed E-state index contributed by atoms with van der Waals surface area (Å²) in [5.41, 5.74) is 3.17. The molecule has 1 fully saturated rings. The van der Waals surface area contributed by atoms with E-state index >= 15 is 0 Å². The summed E-state index contributed by atoms with van der Waals surface area (Å²) in [6.45, 7) is 3.27. The Morgan fingerprint density at radius 2 is 2.34 bits per heavy atom. The Morgan fingerprint density at radius 3 is 3.14 bits per heavy atom. The highest BCUT2D eigenvalue weighted by Gasteiger charge is 2.21. The number of carbonyl (C=O) groups excluding carboxylic acids is 1. The highest BCUT2D eigenvalue weighted by molar-refractivity contribution is 7.12. The zero-order valence-corrected chi connectivity index (χ0v) is 16.9. The van der Waals surface area contributed by atoms with Crippen LogP contribution in [0.1, 0.15) is 29.0 Å². The first-order valence-corrected chi connectivity index (χ1v) is 10.5. The van der Waals surface area contributed by atoms with Crippen molar-refractivity contribution in [3.8, 4) is 16.5 Å². The molecule has 0 spiro atoms. The number of hydrogen-bond donors (Lipinski definition) is 1. The molecule has 0 aliphatic carbocycles. The van der Waals surface area contributed by atoms with E-state index in [1.807, 2.05) is 57.9 Å². The lowest BCUT2D eigenvalue weighted by Gasteiger charge is -2.10. The van der Waals surface area contributed by atoms with Gasteiger partial charge in [-0.25, -0.2) is 9.97 Å². The molecule has 1 atom stereocenters. The molecule has 0 radical (unpaired) electrons. The second kappa shape index (κ2) is 7.46. The van der Waals surface area contributed by atoms with E-state index in [9.17, 15) is 4.79 Å². The van der Waals surface area contributed by atoms with E-state index in [1.165, 1.54) is 0 Å². The number of aryl methyl sites for hydroxylation is 1. The molecule has 1 aliphatic heterocycles. The topological polar surface area (TPSA) is 73.4 Å². The van der Waals surface area contributed by atoms with Gasteiger partial charge in [0.2, 0.25) is 0 Å². The zero-order chi connectivity index (χ0) is 19.8. The summed E-state index contributed by atoms with van der Waals surface area (Å²) >= 11 is 1.56. The van der Waals surface area contributed by atoms with Crippen molar-refractivity contribution in [3.05, 3.63) is 59.6 Å². The maximum Gasteiger partial charge on any atom is 0.253 e. The second-order valence-corrected chi connectivity index (χ2v) is 7.98. The van der Waals surface area contributed by atoms with Crippen molar-refractivity contribution in [3.63, 3.8) is 0 Å². The summed E-state index contributed by atoms with van der Waals surface area (Å²) in [6.07, 6.45) is 7.87. The van der Waals surface area contributed by atoms with Gasteiger partial charge in [0.25, 0.3) is 5.91 Å². The van der Waals surface area contributed by atoms with Gasteiger partial charge in [0, 0.05) is 37.1 Å². The van der Waals surface area contributed by atoms with E-state index in [0.29, 0.717) is 12.1 Å². The van der Waals surface area contributed by atoms with E-state index in [0.717, 1.165) is 47.3 Å². The summed E-state index contributed by atoms with van der Waals surface area (Å²) in [5.74, 6) is 0.761. The van der Waals surface area contributed by atoms with E-state index in [2.05, 4.69) is 10.3 Å². The van der Waals surface area contributed by atoms with Crippen LogP contribution < -0.4 is 5.32 Å². The number of ether oxygens (including phenoxy) is 1. The van der Waals surface area contributed by atoms with Gasteiger partial charge in [0.05, 0.1) is 22.9 Å². The quantitative estimate of drug-likeness (QED) is 0.550. The van der Waals surface area contributed by atoms with Crippen molar-refractivity contribution in [2.24, 2.45) is 0 Å². The van der Waals surface area contributed by atoms with Crippen LogP contribution in [-0.4, -0.2) is 44.1 Å². The van der Waals surface area contributed by atoms with Crippen LogP contribution in [0.15, 0.2) is 48.2 Å². The van der Waals surface area contributed by atoms with E-state index in [-0.39, 0.29) is 12.0 Å². The Labute approximate surface area is 172 Å². The van der Waals surface area contributed by atoms with E-state index in [4.69, 9.17) is 9.72 Å². The molecule has 1 amide bonds. The Kier molecular flexibility index (Phi) is 4.65. The van der Waals surface area contributed by atoms with Gasteiger partial charge < -0.3 is 14.5 Å². The number of thiazole rings is 1. The molecule has 4 aromatic heterocycles. The third-order valence-electron chi connectivity index (χ3n) is 5.21. The summed E-state index contributed by atoms with van der Waals surface area (Å²) in [4.78, 5) is 22.0. The molecule has 1 aliphatic rings. The Balaban J connectivity index is 1.50. The van der Waals surface area contributed by atoms with Crippen molar-refractivity contribution in [1.82, 2.24) is 24.3 Å². The van der Waals surface area contributed by atoms with E-state index < -0.39 is 0 Å².